The van der Waals surface area contributed by atoms with Crippen LogP contribution >= 0.6 is 15.9 Å². The summed E-state index contributed by atoms with van der Waals surface area (Å²) >= 11 is 3.62. The lowest BCUT2D eigenvalue weighted by molar-refractivity contribution is 0.764. The number of hydrogen-bond donors (Lipinski definition) is 2. The number of halogens is 1. The summed E-state index contributed by atoms with van der Waals surface area (Å²) in [6.07, 6.45) is 2.29. The number of nitrogens with one attached hydrogen (secondary N) is 1. The van der Waals surface area contributed by atoms with Gasteiger partial charge in [-0.2, -0.15) is 0 Å². The Bertz CT molecular complexity index is 681. The van der Waals surface area contributed by atoms with Gasteiger partial charge in [-0.1, -0.05) is 24.3 Å². The molecule has 2 aromatic carbocycles. The van der Waals surface area contributed by atoms with Crippen LogP contribution in [0.5, 0.6) is 0 Å². The van der Waals surface area contributed by atoms with Crippen molar-refractivity contribution in [2.75, 3.05) is 11.4 Å². The first-order chi connectivity index (χ1) is 10.1. The number of nitrogens with zero attached hydrogens (tertiary/aromatic N) is 1. The van der Waals surface area contributed by atoms with E-state index in [1.54, 1.807) is 0 Å². The summed E-state index contributed by atoms with van der Waals surface area (Å²) in [6, 6.07) is 14.6. The molecular weight excluding hydrogens is 326 g/mol. The zero-order valence-electron chi connectivity index (χ0n) is 11.8. The number of rotatable bonds is 2. The van der Waals surface area contributed by atoms with Gasteiger partial charge in [0, 0.05) is 23.1 Å². The van der Waals surface area contributed by atoms with Gasteiger partial charge in [0.25, 0.3) is 0 Å². The second-order valence-corrected chi connectivity index (χ2v) is 6.23. The van der Waals surface area contributed by atoms with Crippen LogP contribution in [0.25, 0.3) is 0 Å². The minimum atomic E-state index is 0.100. The van der Waals surface area contributed by atoms with Crippen LogP contribution in [0.2, 0.25) is 0 Å². The number of amidine groups is 1. The van der Waals surface area contributed by atoms with Gasteiger partial charge in [0.15, 0.2) is 0 Å². The second-order valence-electron chi connectivity index (χ2n) is 5.37. The monoisotopic (exact) mass is 343 g/mol. The van der Waals surface area contributed by atoms with Crippen molar-refractivity contribution in [3.8, 4) is 0 Å². The van der Waals surface area contributed by atoms with Gasteiger partial charge in [-0.05, 0) is 58.1 Å². The zero-order valence-corrected chi connectivity index (χ0v) is 13.4. The van der Waals surface area contributed by atoms with Crippen molar-refractivity contribution in [2.24, 2.45) is 5.73 Å². The van der Waals surface area contributed by atoms with E-state index in [-0.39, 0.29) is 5.84 Å². The summed E-state index contributed by atoms with van der Waals surface area (Å²) in [5.74, 6) is 0.100. The molecule has 3 N–H and O–H groups in total. The van der Waals surface area contributed by atoms with E-state index in [2.05, 4.69) is 51.2 Å². The Kier molecular flexibility index (Phi) is 3.97. The molecule has 3 nitrogen and oxygen atoms in total. The molecule has 1 aliphatic heterocycles. The third-order valence-corrected chi connectivity index (χ3v) is 4.59. The van der Waals surface area contributed by atoms with Crippen molar-refractivity contribution in [3.05, 3.63) is 63.6 Å². The largest absolute Gasteiger partial charge is 0.384 e. The normalized spacial score (nSPS) is 14.4. The van der Waals surface area contributed by atoms with Gasteiger partial charge < -0.3 is 10.6 Å². The summed E-state index contributed by atoms with van der Waals surface area (Å²) in [4.78, 5) is 2.39. The molecule has 0 aromatic heterocycles. The molecule has 0 aliphatic carbocycles. The average molecular weight is 344 g/mol. The Morgan fingerprint density at radius 2 is 1.90 bits per heavy atom. The summed E-state index contributed by atoms with van der Waals surface area (Å²) in [5, 5.41) is 7.52. The molecule has 1 heterocycles. The van der Waals surface area contributed by atoms with Gasteiger partial charge in [-0.15, -0.1) is 0 Å². The number of fused-ring (bicyclic) bond motifs is 1. The highest BCUT2D eigenvalue weighted by Gasteiger charge is 2.16. The maximum atomic E-state index is 7.52. The minimum absolute atomic E-state index is 0.100. The summed E-state index contributed by atoms with van der Waals surface area (Å²) < 4.78 is 0.995. The predicted molar refractivity (Wildman–Crippen MR) is 91.0 cm³/mol. The molecule has 4 heteroatoms. The zero-order chi connectivity index (χ0) is 14.8. The molecule has 0 spiro atoms. The number of nitrogens with two attached hydrogens (primary N) is 1. The average Bonchev–Trinajstić information content (AvgIpc) is 2.69. The molecule has 0 radical (unpaired) electrons. The van der Waals surface area contributed by atoms with Crippen molar-refractivity contribution in [3.63, 3.8) is 0 Å². The maximum Gasteiger partial charge on any atom is 0.122 e. The molecule has 1 aliphatic rings. The first-order valence-electron chi connectivity index (χ1n) is 7.11. The first-order valence-corrected chi connectivity index (χ1v) is 7.90. The Labute approximate surface area is 133 Å². The SMILES string of the molecule is N=C(N)c1ccc(N2CCCc3ccccc3C2)c(Br)c1. The fraction of sp³-hybridized carbons (Fsp3) is 0.235. The topological polar surface area (TPSA) is 53.1 Å². The maximum absolute atomic E-state index is 7.52. The van der Waals surface area contributed by atoms with Crippen LogP contribution in [0.4, 0.5) is 5.69 Å². The van der Waals surface area contributed by atoms with Crippen LogP contribution in [0.3, 0.4) is 0 Å². The van der Waals surface area contributed by atoms with E-state index in [0.29, 0.717) is 0 Å². The molecule has 0 saturated heterocycles. The molecule has 3 rings (SSSR count). The fourth-order valence-corrected chi connectivity index (χ4v) is 3.47. The van der Waals surface area contributed by atoms with Gasteiger partial charge in [0.2, 0.25) is 0 Å². The summed E-state index contributed by atoms with van der Waals surface area (Å²) in [6.45, 7) is 1.96. The van der Waals surface area contributed by atoms with Crippen molar-refractivity contribution in [2.45, 2.75) is 19.4 Å². The minimum Gasteiger partial charge on any atom is -0.384 e. The number of aryl methyl sites for hydroxylation is 1. The Morgan fingerprint density at radius 1 is 1.14 bits per heavy atom. The summed E-state index contributed by atoms with van der Waals surface area (Å²) in [5.41, 5.74) is 10.3. The lowest BCUT2D eigenvalue weighted by Crippen LogP contribution is -2.23. The van der Waals surface area contributed by atoms with Gasteiger partial charge in [-0.3, -0.25) is 5.41 Å². The third kappa shape index (κ3) is 2.95. The molecule has 0 amide bonds. The van der Waals surface area contributed by atoms with Crippen molar-refractivity contribution < 1.29 is 0 Å². The molecule has 0 atom stereocenters. The second kappa shape index (κ2) is 5.90. The highest BCUT2D eigenvalue weighted by Crippen LogP contribution is 2.31. The number of nitrogen functional groups attached to an aromatic ring is 1. The number of benzene rings is 2. The van der Waals surface area contributed by atoms with E-state index in [0.717, 1.165) is 41.7 Å². The lowest BCUT2D eigenvalue weighted by atomic mass is 10.0. The number of hydrogen-bond acceptors (Lipinski definition) is 2. The fourth-order valence-electron chi connectivity index (χ4n) is 2.84. The van der Waals surface area contributed by atoms with Gasteiger partial charge in [0.05, 0.1) is 5.69 Å². The van der Waals surface area contributed by atoms with Gasteiger partial charge >= 0.3 is 0 Å². The first kappa shape index (κ1) is 14.1. The van der Waals surface area contributed by atoms with Crippen LogP contribution in [0.1, 0.15) is 23.1 Å². The molecule has 2 aromatic rings. The van der Waals surface area contributed by atoms with E-state index in [9.17, 15) is 0 Å². The number of anilines is 1. The van der Waals surface area contributed by atoms with E-state index < -0.39 is 0 Å². The van der Waals surface area contributed by atoms with Crippen LogP contribution in [0.15, 0.2) is 46.9 Å². The van der Waals surface area contributed by atoms with Crippen LogP contribution in [0, 0.1) is 5.41 Å². The van der Waals surface area contributed by atoms with Gasteiger partial charge in [-0.25, -0.2) is 0 Å². The molecule has 21 heavy (non-hydrogen) atoms. The molecule has 0 bridgehead atoms. The highest BCUT2D eigenvalue weighted by atomic mass is 79.9. The lowest BCUT2D eigenvalue weighted by Gasteiger charge is -2.25. The molecule has 0 unspecified atom stereocenters. The molecule has 0 saturated carbocycles. The van der Waals surface area contributed by atoms with Crippen molar-refractivity contribution in [1.82, 2.24) is 0 Å². The third-order valence-electron chi connectivity index (χ3n) is 3.95. The molecule has 0 fully saturated rings. The Balaban J connectivity index is 1.92. The van der Waals surface area contributed by atoms with E-state index in [1.807, 2.05) is 12.1 Å². The smallest absolute Gasteiger partial charge is 0.122 e. The molecule has 108 valence electrons. The predicted octanol–water partition coefficient (Wildman–Crippen LogP) is 3.69. The van der Waals surface area contributed by atoms with E-state index in [4.69, 9.17) is 11.1 Å². The van der Waals surface area contributed by atoms with E-state index in [1.165, 1.54) is 11.1 Å². The molecular formula is C17H18BrN3. The van der Waals surface area contributed by atoms with Crippen molar-refractivity contribution in [1.29, 1.82) is 5.41 Å². The van der Waals surface area contributed by atoms with Crippen molar-refractivity contribution >= 4 is 27.5 Å². The Morgan fingerprint density at radius 3 is 2.62 bits per heavy atom. The van der Waals surface area contributed by atoms with E-state index >= 15 is 0 Å². The van der Waals surface area contributed by atoms with Gasteiger partial charge in [0.1, 0.15) is 5.84 Å². The van der Waals surface area contributed by atoms with Crippen LogP contribution in [-0.2, 0) is 13.0 Å². The standard InChI is InChI=1S/C17H18BrN3/c18-15-10-13(17(19)20)7-8-16(15)21-9-3-6-12-4-1-2-5-14(12)11-21/h1-2,4-5,7-8,10H,3,6,9,11H2,(H3,19,20). The van der Waals surface area contributed by atoms with Crippen LogP contribution in [-0.4, -0.2) is 12.4 Å². The quantitative estimate of drug-likeness (QED) is 0.645. The van der Waals surface area contributed by atoms with Crippen LogP contribution < -0.4 is 10.6 Å². The summed E-state index contributed by atoms with van der Waals surface area (Å²) in [7, 11) is 0. The Hall–Kier alpha value is -1.81. The highest BCUT2D eigenvalue weighted by molar-refractivity contribution is 9.10.